The van der Waals surface area contributed by atoms with E-state index in [2.05, 4.69) is 48.1 Å². The lowest BCUT2D eigenvalue weighted by molar-refractivity contribution is -0.150. The van der Waals surface area contributed by atoms with E-state index in [1.165, 1.54) is 17.7 Å². The van der Waals surface area contributed by atoms with E-state index in [4.69, 9.17) is 0 Å². The van der Waals surface area contributed by atoms with Gasteiger partial charge >= 0.3 is 6.18 Å². The van der Waals surface area contributed by atoms with Gasteiger partial charge in [-0.15, -0.1) is 0 Å². The first-order valence-electron chi connectivity index (χ1n) is 16.9. The predicted molar refractivity (Wildman–Crippen MR) is 189 cm³/mol. The Bertz CT molecular complexity index is 1820. The Balaban J connectivity index is 1.35. The van der Waals surface area contributed by atoms with E-state index >= 15 is 0 Å². The molecule has 2 amide bonds. The molecule has 2 heterocycles. The van der Waals surface area contributed by atoms with Gasteiger partial charge in [-0.2, -0.15) is 13.2 Å². The lowest BCUT2D eigenvalue weighted by Crippen LogP contribution is -2.62. The van der Waals surface area contributed by atoms with Crippen molar-refractivity contribution in [1.82, 2.24) is 14.8 Å². The number of hydrogen-bond donors (Lipinski definition) is 2. The number of amides is 2. The van der Waals surface area contributed by atoms with E-state index in [9.17, 15) is 22.8 Å². The summed E-state index contributed by atoms with van der Waals surface area (Å²) in [5, 5.41) is 4.26. The standard InChI is InChI=1S/C39H46F3N5O2/c1-25-34(30-9-7-8-10-32(30)43-25)35-31(37(35,2)3)23-33(48)47(24-26-11-13-27(14-12-26)39(40,41)42)38(19-21-46(6)22-20-38)36(49)44-28-15-17-29(18-16-28)45(4)5/h7-18,31,35,43H,19-24H2,1-6H3,(H,44,49)/t31-,35-/m0/s1. The zero-order valence-corrected chi connectivity index (χ0v) is 29.1. The maximum Gasteiger partial charge on any atom is 0.416 e. The van der Waals surface area contributed by atoms with Gasteiger partial charge in [0.2, 0.25) is 11.8 Å². The van der Waals surface area contributed by atoms with E-state index in [0.717, 1.165) is 34.4 Å². The number of rotatable bonds is 9. The molecule has 2 N–H and O–H groups in total. The number of piperidine rings is 1. The third kappa shape index (κ3) is 6.67. The minimum absolute atomic E-state index is 0.0254. The molecule has 2 aliphatic rings. The van der Waals surface area contributed by atoms with Crippen molar-refractivity contribution in [1.29, 1.82) is 0 Å². The fourth-order valence-electron chi connectivity index (χ4n) is 7.85. The first-order valence-corrected chi connectivity index (χ1v) is 16.9. The van der Waals surface area contributed by atoms with Gasteiger partial charge in [0.15, 0.2) is 0 Å². The number of hydrogen-bond acceptors (Lipinski definition) is 4. The van der Waals surface area contributed by atoms with Crippen molar-refractivity contribution in [2.24, 2.45) is 11.3 Å². The molecule has 0 unspecified atom stereocenters. The summed E-state index contributed by atoms with van der Waals surface area (Å²) in [5.74, 6) is -0.283. The maximum atomic E-state index is 14.8. The van der Waals surface area contributed by atoms with E-state index in [-0.39, 0.29) is 42.0 Å². The number of halogens is 3. The van der Waals surface area contributed by atoms with Crippen molar-refractivity contribution in [2.75, 3.05) is 44.4 Å². The number of nitrogens with one attached hydrogen (secondary N) is 2. The van der Waals surface area contributed by atoms with Crippen LogP contribution < -0.4 is 10.2 Å². The van der Waals surface area contributed by atoms with E-state index < -0.39 is 17.3 Å². The van der Waals surface area contributed by atoms with Gasteiger partial charge in [0.05, 0.1) is 5.56 Å². The third-order valence-corrected chi connectivity index (χ3v) is 11.0. The largest absolute Gasteiger partial charge is 0.416 e. The number of para-hydroxylation sites is 1. The van der Waals surface area contributed by atoms with Crippen LogP contribution in [-0.2, 0) is 22.3 Å². The number of carbonyl (C=O) groups excluding carboxylic acids is 2. The first kappa shape index (κ1) is 34.5. The number of aromatic nitrogens is 1. The van der Waals surface area contributed by atoms with Crippen LogP contribution in [0.1, 0.15) is 61.4 Å². The summed E-state index contributed by atoms with van der Waals surface area (Å²) in [6, 6.07) is 20.7. The van der Waals surface area contributed by atoms with Crippen LogP contribution in [0.3, 0.4) is 0 Å². The highest BCUT2D eigenvalue weighted by Crippen LogP contribution is 2.67. The van der Waals surface area contributed by atoms with E-state index in [1.807, 2.05) is 62.4 Å². The number of likely N-dealkylation sites (tertiary alicyclic amines) is 1. The molecule has 1 aromatic heterocycles. The Kier molecular flexibility index (Phi) is 9.07. The van der Waals surface area contributed by atoms with Crippen molar-refractivity contribution >= 4 is 34.1 Å². The van der Waals surface area contributed by atoms with Crippen molar-refractivity contribution in [3.8, 4) is 0 Å². The van der Waals surface area contributed by atoms with Gasteiger partial charge in [0.1, 0.15) is 5.54 Å². The number of alkyl halides is 3. The van der Waals surface area contributed by atoms with Crippen LogP contribution in [0.25, 0.3) is 10.9 Å². The van der Waals surface area contributed by atoms with Crippen molar-refractivity contribution in [3.05, 3.63) is 95.2 Å². The van der Waals surface area contributed by atoms with Gasteiger partial charge in [-0.1, -0.05) is 44.2 Å². The Hall–Kier alpha value is -4.31. The van der Waals surface area contributed by atoms with Gasteiger partial charge < -0.3 is 25.0 Å². The molecule has 10 heteroatoms. The summed E-state index contributed by atoms with van der Waals surface area (Å²) >= 11 is 0. The van der Waals surface area contributed by atoms with Gasteiger partial charge in [-0.05, 0) is 97.7 Å². The monoisotopic (exact) mass is 673 g/mol. The van der Waals surface area contributed by atoms with Gasteiger partial charge in [0.25, 0.3) is 0 Å². The Morgan fingerprint density at radius 2 is 1.59 bits per heavy atom. The molecule has 0 radical (unpaired) electrons. The highest BCUT2D eigenvalue weighted by Gasteiger charge is 2.60. The van der Waals surface area contributed by atoms with Crippen molar-refractivity contribution in [3.63, 3.8) is 0 Å². The molecule has 1 aliphatic heterocycles. The number of fused-ring (bicyclic) bond motifs is 1. The smallest absolute Gasteiger partial charge is 0.378 e. The number of benzene rings is 3. The Labute approximate surface area is 286 Å². The van der Waals surface area contributed by atoms with Crippen molar-refractivity contribution in [2.45, 2.75) is 64.2 Å². The quantitative estimate of drug-likeness (QED) is 0.190. The first-order chi connectivity index (χ1) is 23.1. The number of nitrogens with zero attached hydrogens (tertiary/aromatic N) is 3. The lowest BCUT2D eigenvalue weighted by Gasteiger charge is -2.47. The number of carbonyl (C=O) groups is 2. The van der Waals surface area contributed by atoms with Gasteiger partial charge in [-0.3, -0.25) is 9.59 Å². The normalized spacial score (nSPS) is 20.2. The molecule has 1 saturated carbocycles. The highest BCUT2D eigenvalue weighted by atomic mass is 19.4. The van der Waals surface area contributed by atoms with Crippen LogP contribution in [0, 0.1) is 18.3 Å². The second-order valence-electron chi connectivity index (χ2n) is 14.7. The van der Waals surface area contributed by atoms with Gasteiger partial charge in [-0.25, -0.2) is 0 Å². The number of aromatic amines is 1. The fourth-order valence-corrected chi connectivity index (χ4v) is 7.85. The topological polar surface area (TPSA) is 71.7 Å². The summed E-state index contributed by atoms with van der Waals surface area (Å²) in [7, 11) is 5.87. The lowest BCUT2D eigenvalue weighted by atomic mass is 9.83. The molecule has 3 aromatic carbocycles. The summed E-state index contributed by atoms with van der Waals surface area (Å²) in [6.07, 6.45) is -3.45. The molecule has 2 fully saturated rings. The third-order valence-electron chi connectivity index (χ3n) is 11.0. The molecule has 49 heavy (non-hydrogen) atoms. The number of H-pyrrole nitrogens is 1. The molecule has 6 rings (SSSR count). The van der Waals surface area contributed by atoms with Crippen molar-refractivity contribution < 1.29 is 22.8 Å². The van der Waals surface area contributed by atoms with Crippen LogP contribution in [0.4, 0.5) is 24.5 Å². The fraction of sp³-hybridized carbons (Fsp3) is 0.436. The highest BCUT2D eigenvalue weighted by molar-refractivity contribution is 6.01. The molecule has 7 nitrogen and oxygen atoms in total. The molecule has 260 valence electrons. The summed E-state index contributed by atoms with van der Waals surface area (Å²) in [5.41, 5.74) is 3.41. The van der Waals surface area contributed by atoms with Crippen LogP contribution >= 0.6 is 0 Å². The van der Waals surface area contributed by atoms with Crippen LogP contribution in [0.2, 0.25) is 0 Å². The molecular formula is C39H46F3N5O2. The van der Waals surface area contributed by atoms with Crippen LogP contribution in [0.5, 0.6) is 0 Å². The Morgan fingerprint density at radius 1 is 0.959 bits per heavy atom. The average Bonchev–Trinajstić information content (AvgIpc) is 3.40. The second-order valence-corrected chi connectivity index (χ2v) is 14.7. The molecule has 2 atom stereocenters. The van der Waals surface area contributed by atoms with Gasteiger partial charge in [0, 0.05) is 68.1 Å². The summed E-state index contributed by atoms with van der Waals surface area (Å²) in [6.45, 7) is 7.66. The van der Waals surface area contributed by atoms with E-state index in [0.29, 0.717) is 37.2 Å². The predicted octanol–water partition coefficient (Wildman–Crippen LogP) is 7.82. The second kappa shape index (κ2) is 12.9. The number of aryl methyl sites for hydroxylation is 1. The average molecular weight is 674 g/mol. The van der Waals surface area contributed by atoms with E-state index in [1.54, 1.807) is 4.90 Å². The Morgan fingerprint density at radius 3 is 2.20 bits per heavy atom. The molecule has 1 saturated heterocycles. The minimum atomic E-state index is -4.47. The minimum Gasteiger partial charge on any atom is -0.378 e. The SMILES string of the molecule is Cc1[nH]c2ccccc2c1[C@@H]1[C@H](CC(=O)N(Cc2ccc(C(F)(F)F)cc2)C2(C(=O)Nc3ccc(N(C)C)cc3)CCN(C)CC2)C1(C)C. The molecule has 0 spiro atoms. The maximum absolute atomic E-state index is 14.8. The number of anilines is 2. The summed E-state index contributed by atoms with van der Waals surface area (Å²) in [4.78, 5) is 38.6. The van der Waals surface area contributed by atoms with Crippen LogP contribution in [-0.4, -0.2) is 66.4 Å². The molecule has 4 aromatic rings. The zero-order chi connectivity index (χ0) is 35.3. The zero-order valence-electron chi connectivity index (χ0n) is 29.1. The molecule has 0 bridgehead atoms. The van der Waals surface area contributed by atoms with Crippen LogP contribution in [0.15, 0.2) is 72.8 Å². The summed E-state index contributed by atoms with van der Waals surface area (Å²) < 4.78 is 40.4. The molecule has 1 aliphatic carbocycles. The molecular weight excluding hydrogens is 627 g/mol.